The van der Waals surface area contributed by atoms with Crippen molar-refractivity contribution in [1.82, 2.24) is 0 Å². The molecule has 0 nitrogen and oxygen atoms in total. The van der Waals surface area contributed by atoms with Gasteiger partial charge in [-0.15, -0.1) is 11.3 Å². The van der Waals surface area contributed by atoms with E-state index in [2.05, 4.69) is 31.9 Å². The van der Waals surface area contributed by atoms with Crippen LogP contribution in [0.4, 0.5) is 4.39 Å². The first kappa shape index (κ1) is 12.3. The molecular weight excluding hydrogens is 355 g/mol. The fourth-order valence-corrected chi connectivity index (χ4v) is 3.50. The molecule has 84 valence electrons. The van der Waals surface area contributed by atoms with E-state index in [-0.39, 0.29) is 10.6 Å². The van der Waals surface area contributed by atoms with Crippen molar-refractivity contribution in [2.75, 3.05) is 0 Å². The summed E-state index contributed by atoms with van der Waals surface area (Å²) in [6, 6.07) is 9.42. The van der Waals surface area contributed by atoms with Crippen LogP contribution in [0, 0.1) is 12.7 Å². The maximum absolute atomic E-state index is 13.9. The average molecular weight is 364 g/mol. The van der Waals surface area contributed by atoms with Crippen molar-refractivity contribution in [2.24, 2.45) is 0 Å². The van der Waals surface area contributed by atoms with E-state index in [1.807, 2.05) is 25.1 Å². The van der Waals surface area contributed by atoms with Crippen LogP contribution in [0.2, 0.25) is 0 Å². The third kappa shape index (κ3) is 2.39. The second kappa shape index (κ2) is 4.98. The Morgan fingerprint density at radius 1 is 1.25 bits per heavy atom. The van der Waals surface area contributed by atoms with Gasteiger partial charge in [-0.05, 0) is 41.1 Å². The van der Waals surface area contributed by atoms with Gasteiger partial charge in [-0.25, -0.2) is 4.39 Å². The zero-order valence-corrected chi connectivity index (χ0v) is 12.5. The molecule has 1 heterocycles. The van der Waals surface area contributed by atoms with Crippen molar-refractivity contribution in [3.05, 3.63) is 55.9 Å². The highest BCUT2D eigenvalue weighted by Gasteiger charge is 2.17. The summed E-state index contributed by atoms with van der Waals surface area (Å²) < 4.78 is 14.4. The first-order chi connectivity index (χ1) is 7.59. The second-order valence-electron chi connectivity index (χ2n) is 3.45. The highest BCUT2D eigenvalue weighted by atomic mass is 79.9. The van der Waals surface area contributed by atoms with Crippen LogP contribution in [0.3, 0.4) is 0 Å². The number of thiophene rings is 1. The maximum Gasteiger partial charge on any atom is 0.142 e. The van der Waals surface area contributed by atoms with E-state index in [1.54, 1.807) is 23.5 Å². The summed E-state index contributed by atoms with van der Waals surface area (Å²) in [4.78, 5) is 2.27. The first-order valence-electron chi connectivity index (χ1n) is 4.74. The normalized spacial score (nSPS) is 12.8. The topological polar surface area (TPSA) is 0 Å². The summed E-state index contributed by atoms with van der Waals surface area (Å²) in [5.74, 6) is -0.199. The molecule has 0 fully saturated rings. The van der Waals surface area contributed by atoms with Gasteiger partial charge in [-0.3, -0.25) is 0 Å². The van der Waals surface area contributed by atoms with Gasteiger partial charge in [0.2, 0.25) is 0 Å². The van der Waals surface area contributed by atoms with Crippen molar-refractivity contribution in [3.63, 3.8) is 0 Å². The standard InChI is InChI=1S/C12H9Br2FS/c1-7-5-6-10(16-7)11(14)8-3-2-4-9(13)12(8)15/h2-6,11H,1H3. The zero-order valence-electron chi connectivity index (χ0n) is 8.51. The predicted octanol–water partition coefficient (Wildman–Crippen LogP) is 5.44. The predicted molar refractivity (Wildman–Crippen MR) is 73.9 cm³/mol. The van der Waals surface area contributed by atoms with Crippen LogP contribution in [0.15, 0.2) is 34.8 Å². The Bertz CT molecular complexity index is 507. The number of rotatable bonds is 2. The first-order valence-corrected chi connectivity index (χ1v) is 7.26. The molecule has 4 heteroatoms. The summed E-state index contributed by atoms with van der Waals surface area (Å²) >= 11 is 8.42. The van der Waals surface area contributed by atoms with Crippen molar-refractivity contribution in [1.29, 1.82) is 0 Å². The lowest BCUT2D eigenvalue weighted by molar-refractivity contribution is 0.607. The van der Waals surface area contributed by atoms with Crippen molar-refractivity contribution < 1.29 is 4.39 Å². The van der Waals surface area contributed by atoms with Crippen LogP contribution in [-0.4, -0.2) is 0 Å². The van der Waals surface area contributed by atoms with E-state index in [0.29, 0.717) is 10.0 Å². The molecule has 0 aliphatic rings. The SMILES string of the molecule is Cc1ccc(C(Br)c2cccc(Br)c2F)s1. The summed E-state index contributed by atoms with van der Waals surface area (Å²) in [6.45, 7) is 2.05. The Labute approximate surface area is 115 Å². The van der Waals surface area contributed by atoms with E-state index >= 15 is 0 Å². The highest BCUT2D eigenvalue weighted by Crippen LogP contribution is 2.37. The zero-order chi connectivity index (χ0) is 11.7. The molecule has 0 spiro atoms. The lowest BCUT2D eigenvalue weighted by Crippen LogP contribution is -1.94. The molecule has 2 aromatic rings. The number of hydrogen-bond donors (Lipinski definition) is 0. The molecule has 1 unspecified atom stereocenters. The third-order valence-corrected chi connectivity index (χ3v) is 5.23. The van der Waals surface area contributed by atoms with E-state index in [4.69, 9.17) is 0 Å². The largest absolute Gasteiger partial charge is 0.205 e. The Balaban J connectivity index is 2.41. The van der Waals surface area contributed by atoms with Gasteiger partial charge < -0.3 is 0 Å². The smallest absolute Gasteiger partial charge is 0.142 e. The average Bonchev–Trinajstić information content (AvgIpc) is 2.68. The molecule has 0 aliphatic carbocycles. The van der Waals surface area contributed by atoms with Crippen LogP contribution in [0.25, 0.3) is 0 Å². The van der Waals surface area contributed by atoms with Crippen molar-refractivity contribution in [3.8, 4) is 0 Å². The minimum Gasteiger partial charge on any atom is -0.205 e. The number of benzene rings is 1. The maximum atomic E-state index is 13.9. The Morgan fingerprint density at radius 3 is 2.62 bits per heavy atom. The minimum atomic E-state index is -0.199. The number of halogens is 3. The molecule has 0 saturated heterocycles. The lowest BCUT2D eigenvalue weighted by Gasteiger charge is -2.10. The second-order valence-corrected chi connectivity index (χ2v) is 6.54. The van der Waals surface area contributed by atoms with E-state index < -0.39 is 0 Å². The molecule has 1 aromatic carbocycles. The molecule has 16 heavy (non-hydrogen) atoms. The van der Waals surface area contributed by atoms with Gasteiger partial charge in [0.15, 0.2) is 0 Å². The molecule has 2 rings (SSSR count). The van der Waals surface area contributed by atoms with Gasteiger partial charge in [0, 0.05) is 15.3 Å². The van der Waals surface area contributed by atoms with Gasteiger partial charge in [-0.1, -0.05) is 28.1 Å². The Hall–Kier alpha value is -0.190. The van der Waals surface area contributed by atoms with Gasteiger partial charge in [0.25, 0.3) is 0 Å². The number of aryl methyl sites for hydroxylation is 1. The van der Waals surface area contributed by atoms with Gasteiger partial charge >= 0.3 is 0 Å². The highest BCUT2D eigenvalue weighted by molar-refractivity contribution is 9.10. The molecule has 0 radical (unpaired) electrons. The lowest BCUT2D eigenvalue weighted by atomic mass is 10.1. The van der Waals surface area contributed by atoms with Crippen LogP contribution >= 0.6 is 43.2 Å². The van der Waals surface area contributed by atoms with Crippen LogP contribution in [0.5, 0.6) is 0 Å². The summed E-state index contributed by atoms with van der Waals surface area (Å²) in [6.07, 6.45) is 0. The minimum absolute atomic E-state index is 0.0799. The molecular formula is C12H9Br2FS. The molecule has 0 aliphatic heterocycles. The fourth-order valence-electron chi connectivity index (χ4n) is 1.46. The van der Waals surface area contributed by atoms with Crippen LogP contribution in [-0.2, 0) is 0 Å². The van der Waals surface area contributed by atoms with Gasteiger partial charge in [0.1, 0.15) is 5.82 Å². The van der Waals surface area contributed by atoms with Crippen LogP contribution in [0.1, 0.15) is 20.1 Å². The Kier molecular flexibility index (Phi) is 3.82. The van der Waals surface area contributed by atoms with Gasteiger partial charge in [0.05, 0.1) is 9.30 Å². The van der Waals surface area contributed by atoms with Crippen molar-refractivity contribution in [2.45, 2.75) is 11.8 Å². The third-order valence-electron chi connectivity index (χ3n) is 2.27. The molecule has 0 N–H and O–H groups in total. The van der Waals surface area contributed by atoms with Crippen LogP contribution < -0.4 is 0 Å². The molecule has 0 bridgehead atoms. The molecule has 0 amide bonds. The Morgan fingerprint density at radius 2 is 2.00 bits per heavy atom. The number of hydrogen-bond acceptors (Lipinski definition) is 1. The fraction of sp³-hybridized carbons (Fsp3) is 0.167. The molecule has 1 aromatic heterocycles. The monoisotopic (exact) mass is 362 g/mol. The summed E-state index contributed by atoms with van der Waals surface area (Å²) in [5.41, 5.74) is 0.663. The quantitative estimate of drug-likeness (QED) is 0.623. The molecule has 0 saturated carbocycles. The van der Waals surface area contributed by atoms with E-state index in [9.17, 15) is 4.39 Å². The molecule has 1 atom stereocenters. The van der Waals surface area contributed by atoms with E-state index in [1.165, 1.54) is 4.88 Å². The summed E-state index contributed by atoms with van der Waals surface area (Å²) in [5, 5.41) is 0. The van der Waals surface area contributed by atoms with Crippen molar-refractivity contribution >= 4 is 43.2 Å². The van der Waals surface area contributed by atoms with E-state index in [0.717, 1.165) is 4.88 Å². The number of alkyl halides is 1. The van der Waals surface area contributed by atoms with Gasteiger partial charge in [-0.2, -0.15) is 0 Å². The summed E-state index contributed by atoms with van der Waals surface area (Å²) in [7, 11) is 0.